The first-order valence-electron chi connectivity index (χ1n) is 6.97. The summed E-state index contributed by atoms with van der Waals surface area (Å²) in [6.45, 7) is 2.11. The molecule has 0 unspecified atom stereocenters. The van der Waals surface area contributed by atoms with Gasteiger partial charge in [0.25, 0.3) is 0 Å². The zero-order chi connectivity index (χ0) is 15.5. The van der Waals surface area contributed by atoms with Gasteiger partial charge in [0.15, 0.2) is 0 Å². The summed E-state index contributed by atoms with van der Waals surface area (Å²) in [6.07, 6.45) is 2.03. The standard InChI is InChI=1S/C18H16O3S/c1-12-15-5-3-4-6-16(15)21-17(12)18(19)20-11-13-7-9-14(22-2)10-8-13/h3-10H,11H2,1-2H3. The van der Waals surface area contributed by atoms with Gasteiger partial charge in [0.1, 0.15) is 12.2 Å². The zero-order valence-electron chi connectivity index (χ0n) is 12.5. The van der Waals surface area contributed by atoms with Gasteiger partial charge in [-0.2, -0.15) is 0 Å². The summed E-state index contributed by atoms with van der Waals surface area (Å²) in [5.41, 5.74) is 2.48. The van der Waals surface area contributed by atoms with Crippen LogP contribution in [0, 0.1) is 6.92 Å². The van der Waals surface area contributed by atoms with E-state index in [0.29, 0.717) is 5.58 Å². The number of ether oxygens (including phenoxy) is 1. The summed E-state index contributed by atoms with van der Waals surface area (Å²) >= 11 is 1.68. The number of hydrogen-bond donors (Lipinski definition) is 0. The highest BCUT2D eigenvalue weighted by atomic mass is 32.2. The number of rotatable bonds is 4. The van der Waals surface area contributed by atoms with E-state index in [1.165, 1.54) is 4.90 Å². The van der Waals surface area contributed by atoms with Crippen molar-refractivity contribution in [3.63, 3.8) is 0 Å². The molecule has 0 aliphatic rings. The molecule has 0 spiro atoms. The number of carbonyl (C=O) groups is 1. The van der Waals surface area contributed by atoms with Crippen LogP contribution in [-0.2, 0) is 11.3 Å². The number of furan rings is 1. The van der Waals surface area contributed by atoms with E-state index in [1.54, 1.807) is 11.8 Å². The van der Waals surface area contributed by atoms with Crippen LogP contribution in [0.15, 0.2) is 57.8 Å². The van der Waals surface area contributed by atoms with Crippen LogP contribution >= 0.6 is 11.8 Å². The van der Waals surface area contributed by atoms with Gasteiger partial charge in [0.05, 0.1) is 0 Å². The van der Waals surface area contributed by atoms with Gasteiger partial charge in [-0.3, -0.25) is 0 Å². The minimum atomic E-state index is -0.428. The summed E-state index contributed by atoms with van der Waals surface area (Å²) < 4.78 is 11.0. The lowest BCUT2D eigenvalue weighted by atomic mass is 10.1. The van der Waals surface area contributed by atoms with Crippen LogP contribution in [0.2, 0.25) is 0 Å². The summed E-state index contributed by atoms with van der Waals surface area (Å²) in [6, 6.07) is 15.5. The van der Waals surface area contributed by atoms with Crippen molar-refractivity contribution in [2.45, 2.75) is 18.4 Å². The molecule has 0 amide bonds. The maximum absolute atomic E-state index is 12.2. The van der Waals surface area contributed by atoms with Crippen LogP contribution in [0.3, 0.4) is 0 Å². The van der Waals surface area contributed by atoms with Gasteiger partial charge in [-0.25, -0.2) is 4.79 Å². The van der Waals surface area contributed by atoms with E-state index in [0.717, 1.165) is 16.5 Å². The second-order valence-corrected chi connectivity index (χ2v) is 5.86. The molecule has 0 saturated heterocycles. The van der Waals surface area contributed by atoms with Crippen molar-refractivity contribution in [3.05, 3.63) is 65.4 Å². The first-order chi connectivity index (χ1) is 10.7. The van der Waals surface area contributed by atoms with Crippen LogP contribution < -0.4 is 0 Å². The number of thioether (sulfide) groups is 1. The molecule has 1 aromatic heterocycles. The van der Waals surface area contributed by atoms with Gasteiger partial charge >= 0.3 is 5.97 Å². The summed E-state index contributed by atoms with van der Waals surface area (Å²) in [5, 5.41) is 0.943. The highest BCUT2D eigenvalue weighted by Gasteiger charge is 2.18. The smallest absolute Gasteiger partial charge is 0.374 e. The number of aryl methyl sites for hydroxylation is 1. The van der Waals surface area contributed by atoms with Crippen LogP contribution in [0.25, 0.3) is 11.0 Å². The van der Waals surface area contributed by atoms with E-state index < -0.39 is 5.97 Å². The Morgan fingerprint density at radius 2 is 1.86 bits per heavy atom. The fourth-order valence-corrected chi connectivity index (χ4v) is 2.71. The molecule has 3 rings (SSSR count). The molecule has 0 atom stereocenters. The fraction of sp³-hybridized carbons (Fsp3) is 0.167. The number of benzene rings is 2. The molecule has 0 fully saturated rings. The Kier molecular flexibility index (Phi) is 4.20. The minimum Gasteiger partial charge on any atom is -0.455 e. The summed E-state index contributed by atoms with van der Waals surface area (Å²) in [4.78, 5) is 13.4. The van der Waals surface area contributed by atoms with E-state index in [4.69, 9.17) is 9.15 Å². The Bertz CT molecular complexity index is 803. The number of esters is 1. The number of hydrogen-bond acceptors (Lipinski definition) is 4. The Morgan fingerprint density at radius 1 is 1.14 bits per heavy atom. The highest BCUT2D eigenvalue weighted by molar-refractivity contribution is 7.98. The molecule has 112 valence electrons. The van der Waals surface area contributed by atoms with Crippen molar-refractivity contribution in [2.24, 2.45) is 0 Å². The van der Waals surface area contributed by atoms with Crippen molar-refractivity contribution in [3.8, 4) is 0 Å². The van der Waals surface area contributed by atoms with Gasteiger partial charge in [-0.1, -0.05) is 30.3 Å². The SMILES string of the molecule is CSc1ccc(COC(=O)c2oc3ccccc3c2C)cc1. The molecule has 0 aliphatic heterocycles. The van der Waals surface area contributed by atoms with Crippen molar-refractivity contribution < 1.29 is 13.9 Å². The van der Waals surface area contributed by atoms with Crippen LogP contribution in [0.5, 0.6) is 0 Å². The van der Waals surface area contributed by atoms with E-state index in [2.05, 4.69) is 0 Å². The molecule has 1 heterocycles. The van der Waals surface area contributed by atoms with Crippen molar-refractivity contribution in [1.82, 2.24) is 0 Å². The Hall–Kier alpha value is -2.20. The van der Waals surface area contributed by atoms with Crippen molar-refractivity contribution >= 4 is 28.7 Å². The monoisotopic (exact) mass is 312 g/mol. The average Bonchev–Trinajstić information content (AvgIpc) is 2.90. The number of para-hydroxylation sites is 1. The quantitative estimate of drug-likeness (QED) is 0.511. The Labute approximate surface area is 133 Å². The molecule has 0 aliphatic carbocycles. The third-order valence-electron chi connectivity index (χ3n) is 3.56. The fourth-order valence-electron chi connectivity index (χ4n) is 2.31. The van der Waals surface area contributed by atoms with Crippen LogP contribution in [-0.4, -0.2) is 12.2 Å². The topological polar surface area (TPSA) is 39.4 Å². The van der Waals surface area contributed by atoms with Gasteiger partial charge in [-0.15, -0.1) is 11.8 Å². The molecule has 0 N–H and O–H groups in total. The Balaban J connectivity index is 1.74. The maximum Gasteiger partial charge on any atom is 0.374 e. The summed E-state index contributed by atoms with van der Waals surface area (Å²) in [7, 11) is 0. The molecule has 4 heteroatoms. The normalized spacial score (nSPS) is 10.8. The largest absolute Gasteiger partial charge is 0.455 e. The number of carbonyl (C=O) groups excluding carboxylic acids is 1. The Morgan fingerprint density at radius 3 is 2.55 bits per heavy atom. The minimum absolute atomic E-state index is 0.240. The van der Waals surface area contributed by atoms with Gasteiger partial charge in [0, 0.05) is 15.8 Å². The predicted octanol–water partition coefficient (Wildman–Crippen LogP) is 4.82. The second-order valence-electron chi connectivity index (χ2n) is 4.98. The van der Waals surface area contributed by atoms with Crippen molar-refractivity contribution in [1.29, 1.82) is 0 Å². The van der Waals surface area contributed by atoms with Gasteiger partial charge in [-0.05, 0) is 36.9 Å². The van der Waals surface area contributed by atoms with E-state index in [9.17, 15) is 4.79 Å². The van der Waals surface area contributed by atoms with E-state index in [-0.39, 0.29) is 12.4 Å². The maximum atomic E-state index is 12.2. The lowest BCUT2D eigenvalue weighted by Gasteiger charge is -2.04. The predicted molar refractivity (Wildman–Crippen MR) is 88.3 cm³/mol. The molecule has 0 bridgehead atoms. The molecular weight excluding hydrogens is 296 g/mol. The van der Waals surface area contributed by atoms with Gasteiger partial charge in [0.2, 0.25) is 5.76 Å². The molecule has 2 aromatic carbocycles. The first kappa shape index (κ1) is 14.7. The third-order valence-corrected chi connectivity index (χ3v) is 4.30. The molecule has 3 aromatic rings. The number of fused-ring (bicyclic) bond motifs is 1. The van der Waals surface area contributed by atoms with E-state index >= 15 is 0 Å². The van der Waals surface area contributed by atoms with Gasteiger partial charge < -0.3 is 9.15 Å². The lowest BCUT2D eigenvalue weighted by molar-refractivity contribution is 0.0437. The lowest BCUT2D eigenvalue weighted by Crippen LogP contribution is -2.05. The zero-order valence-corrected chi connectivity index (χ0v) is 13.3. The van der Waals surface area contributed by atoms with Crippen LogP contribution in [0.4, 0.5) is 0 Å². The highest BCUT2D eigenvalue weighted by Crippen LogP contribution is 2.25. The third kappa shape index (κ3) is 2.88. The molecule has 22 heavy (non-hydrogen) atoms. The molecular formula is C18H16O3S. The molecule has 3 nitrogen and oxygen atoms in total. The average molecular weight is 312 g/mol. The van der Waals surface area contributed by atoms with Crippen LogP contribution in [0.1, 0.15) is 21.7 Å². The molecule has 0 saturated carbocycles. The van der Waals surface area contributed by atoms with Crippen molar-refractivity contribution in [2.75, 3.05) is 6.26 Å². The molecule has 0 radical (unpaired) electrons. The summed E-state index contributed by atoms with van der Waals surface area (Å²) in [5.74, 6) is -0.149. The second kappa shape index (κ2) is 6.28. The van der Waals surface area contributed by atoms with E-state index in [1.807, 2.05) is 61.7 Å². The first-order valence-corrected chi connectivity index (χ1v) is 8.19.